The van der Waals surface area contributed by atoms with E-state index in [4.69, 9.17) is 10.2 Å². The molecule has 0 atom stereocenters. The first-order chi connectivity index (χ1) is 5.25. The lowest BCUT2D eigenvalue weighted by Crippen LogP contribution is -1.99. The van der Waals surface area contributed by atoms with Gasteiger partial charge < -0.3 is 14.9 Å². The van der Waals surface area contributed by atoms with Crippen LogP contribution < -0.4 is 0 Å². The maximum Gasteiger partial charge on any atom is 0.294 e. The van der Waals surface area contributed by atoms with Crippen molar-refractivity contribution in [1.82, 2.24) is 4.57 Å². The topological polar surface area (TPSA) is 71.7 Å². The molecular weight excluding hydrogens is 150 g/mol. The van der Waals surface area contributed by atoms with Crippen molar-refractivity contribution in [2.24, 2.45) is 0 Å². The number of hydrogen-bond donors (Lipinski definition) is 2. The summed E-state index contributed by atoms with van der Waals surface area (Å²) >= 11 is 0. The molecule has 0 aliphatic rings. The van der Waals surface area contributed by atoms with E-state index in [9.17, 15) is 4.79 Å². The number of rotatable bonds is 3. The fraction of sp³-hybridized carbons (Fsp3) is 0.167. The molecule has 0 aliphatic heterocycles. The minimum atomic E-state index is -0.186. The minimum absolute atomic E-state index is 0.149. The van der Waals surface area contributed by atoms with Crippen LogP contribution in [0.2, 0.25) is 0 Å². The summed E-state index contributed by atoms with van der Waals surface area (Å²) in [5, 5.41) is 17.9. The van der Waals surface area contributed by atoms with Crippen molar-refractivity contribution in [2.45, 2.75) is 6.73 Å². The monoisotopic (exact) mass is 157 g/mol. The van der Waals surface area contributed by atoms with E-state index in [0.717, 1.165) is 4.57 Å². The molecule has 1 rings (SSSR count). The number of ether oxygens (including phenoxy) is 1. The Hall–Kier alpha value is -1.65. The fourth-order valence-corrected chi connectivity index (χ4v) is 0.684. The van der Waals surface area contributed by atoms with Crippen LogP contribution in [0.5, 0.6) is 11.8 Å². The highest BCUT2D eigenvalue weighted by Crippen LogP contribution is 2.19. The van der Waals surface area contributed by atoms with Crippen LogP contribution in [0.3, 0.4) is 0 Å². The Labute approximate surface area is 62.4 Å². The second-order valence-electron chi connectivity index (χ2n) is 1.87. The van der Waals surface area contributed by atoms with Gasteiger partial charge in [-0.15, -0.1) is 0 Å². The van der Waals surface area contributed by atoms with E-state index in [1.807, 2.05) is 0 Å². The number of carbonyl (C=O) groups excluding carboxylic acids is 1. The highest BCUT2D eigenvalue weighted by molar-refractivity contribution is 5.36. The third-order valence-corrected chi connectivity index (χ3v) is 1.21. The molecule has 1 aromatic rings. The van der Waals surface area contributed by atoms with Crippen LogP contribution >= 0.6 is 0 Å². The summed E-state index contributed by atoms with van der Waals surface area (Å²) < 4.78 is 5.34. The van der Waals surface area contributed by atoms with Gasteiger partial charge in [0.25, 0.3) is 6.47 Å². The molecule has 1 aromatic heterocycles. The van der Waals surface area contributed by atoms with Crippen molar-refractivity contribution in [3.8, 4) is 11.8 Å². The normalized spacial score (nSPS) is 9.45. The molecule has 11 heavy (non-hydrogen) atoms. The van der Waals surface area contributed by atoms with Gasteiger partial charge in [0.15, 0.2) is 18.5 Å². The van der Waals surface area contributed by atoms with E-state index in [0.29, 0.717) is 0 Å². The lowest BCUT2D eigenvalue weighted by Gasteiger charge is -2.03. The van der Waals surface area contributed by atoms with E-state index in [2.05, 4.69) is 4.74 Å². The van der Waals surface area contributed by atoms with Gasteiger partial charge >= 0.3 is 0 Å². The zero-order valence-corrected chi connectivity index (χ0v) is 5.60. The second kappa shape index (κ2) is 2.96. The zero-order valence-electron chi connectivity index (χ0n) is 5.60. The molecule has 0 amide bonds. The first-order valence-electron chi connectivity index (χ1n) is 2.88. The molecule has 5 nitrogen and oxygen atoms in total. The third kappa shape index (κ3) is 1.43. The highest BCUT2D eigenvalue weighted by Gasteiger charge is 2.03. The highest BCUT2D eigenvalue weighted by atomic mass is 16.5. The number of aromatic hydroxyl groups is 2. The van der Waals surface area contributed by atoms with Crippen LogP contribution in [0.4, 0.5) is 0 Å². The molecule has 0 bridgehead atoms. The van der Waals surface area contributed by atoms with Crippen molar-refractivity contribution >= 4 is 6.47 Å². The van der Waals surface area contributed by atoms with E-state index in [1.165, 1.54) is 12.1 Å². The summed E-state index contributed by atoms with van der Waals surface area (Å²) in [6, 6.07) is 2.59. The number of aromatic nitrogens is 1. The van der Waals surface area contributed by atoms with Gasteiger partial charge in [0.1, 0.15) is 0 Å². The average molecular weight is 157 g/mol. The molecule has 0 unspecified atom stereocenters. The van der Waals surface area contributed by atoms with Crippen molar-refractivity contribution in [1.29, 1.82) is 0 Å². The summed E-state index contributed by atoms with van der Waals surface area (Å²) in [7, 11) is 0. The Bertz CT molecular complexity index is 236. The van der Waals surface area contributed by atoms with E-state index < -0.39 is 0 Å². The Morgan fingerprint density at radius 2 is 2.00 bits per heavy atom. The van der Waals surface area contributed by atoms with Gasteiger partial charge in [0, 0.05) is 12.1 Å². The van der Waals surface area contributed by atoms with Crippen molar-refractivity contribution in [3.63, 3.8) is 0 Å². The van der Waals surface area contributed by atoms with Gasteiger partial charge in [0.05, 0.1) is 0 Å². The van der Waals surface area contributed by atoms with E-state index >= 15 is 0 Å². The maximum atomic E-state index is 9.72. The lowest BCUT2D eigenvalue weighted by molar-refractivity contribution is -0.132. The van der Waals surface area contributed by atoms with Crippen LogP contribution in [-0.4, -0.2) is 21.3 Å². The predicted octanol–water partition coefficient (Wildman–Crippen LogP) is 0.0298. The van der Waals surface area contributed by atoms with Gasteiger partial charge in [-0.25, -0.2) is 4.57 Å². The third-order valence-electron chi connectivity index (χ3n) is 1.21. The molecule has 0 aromatic carbocycles. The summed E-state index contributed by atoms with van der Waals surface area (Å²) in [5.41, 5.74) is 0. The number of carbonyl (C=O) groups is 1. The van der Waals surface area contributed by atoms with Crippen molar-refractivity contribution in [2.75, 3.05) is 0 Å². The average Bonchev–Trinajstić information content (AvgIpc) is 2.29. The standard InChI is InChI=1S/C6H7NO4/c8-4-11-3-7-5(9)1-2-6(7)10/h1-2,4,9-10H,3H2. The minimum Gasteiger partial charge on any atom is -0.494 e. The molecule has 1 heterocycles. The quantitative estimate of drug-likeness (QED) is 0.607. The zero-order chi connectivity index (χ0) is 8.27. The fourth-order valence-electron chi connectivity index (χ4n) is 0.684. The van der Waals surface area contributed by atoms with E-state index in [1.54, 1.807) is 0 Å². The molecule has 0 saturated carbocycles. The molecule has 0 fully saturated rings. The SMILES string of the molecule is O=COCn1c(O)ccc1O. The van der Waals surface area contributed by atoms with Crippen LogP contribution in [0, 0.1) is 0 Å². The molecule has 0 spiro atoms. The molecular formula is C6H7NO4. The smallest absolute Gasteiger partial charge is 0.294 e. The summed E-state index contributed by atoms with van der Waals surface area (Å²) in [6.07, 6.45) is 0. The lowest BCUT2D eigenvalue weighted by atomic mass is 10.6. The van der Waals surface area contributed by atoms with Crippen molar-refractivity contribution < 1.29 is 19.7 Å². The van der Waals surface area contributed by atoms with Gasteiger partial charge in [-0.1, -0.05) is 0 Å². The molecule has 5 heteroatoms. The Morgan fingerprint density at radius 1 is 1.45 bits per heavy atom. The first-order valence-corrected chi connectivity index (χ1v) is 2.88. The number of hydrogen-bond acceptors (Lipinski definition) is 4. The second-order valence-corrected chi connectivity index (χ2v) is 1.87. The largest absolute Gasteiger partial charge is 0.494 e. The first kappa shape index (κ1) is 7.46. The van der Waals surface area contributed by atoms with Crippen LogP contribution in [0.1, 0.15) is 0 Å². The van der Waals surface area contributed by atoms with Crippen LogP contribution in [0.15, 0.2) is 12.1 Å². The molecule has 0 saturated heterocycles. The Morgan fingerprint density at radius 3 is 2.45 bits per heavy atom. The van der Waals surface area contributed by atoms with E-state index in [-0.39, 0.29) is 25.0 Å². The van der Waals surface area contributed by atoms with Gasteiger partial charge in [-0.3, -0.25) is 4.79 Å². The predicted molar refractivity (Wildman–Crippen MR) is 34.9 cm³/mol. The maximum absolute atomic E-state index is 9.72. The molecule has 2 N–H and O–H groups in total. The summed E-state index contributed by atoms with van der Waals surface area (Å²) in [4.78, 5) is 9.72. The van der Waals surface area contributed by atoms with Gasteiger partial charge in [0.2, 0.25) is 0 Å². The Balaban J connectivity index is 2.74. The number of nitrogens with zero attached hydrogens (tertiary/aromatic N) is 1. The molecule has 0 aliphatic carbocycles. The summed E-state index contributed by atoms with van der Waals surface area (Å²) in [5.74, 6) is -0.297. The molecule has 60 valence electrons. The van der Waals surface area contributed by atoms with Gasteiger partial charge in [-0.2, -0.15) is 0 Å². The van der Waals surface area contributed by atoms with Gasteiger partial charge in [-0.05, 0) is 0 Å². The summed E-state index contributed by atoms with van der Waals surface area (Å²) in [6.45, 7) is 0.0487. The van der Waals surface area contributed by atoms with Crippen LogP contribution in [0.25, 0.3) is 0 Å². The Kier molecular flexibility index (Phi) is 2.00. The van der Waals surface area contributed by atoms with Crippen LogP contribution in [-0.2, 0) is 16.3 Å². The molecule has 0 radical (unpaired) electrons. The van der Waals surface area contributed by atoms with Crippen molar-refractivity contribution in [3.05, 3.63) is 12.1 Å².